The molecular weight excluding hydrogens is 364 g/mol. The fourth-order valence-electron chi connectivity index (χ4n) is 3.39. The minimum atomic E-state index is 0.388. The van der Waals surface area contributed by atoms with E-state index in [9.17, 15) is 0 Å². The first kappa shape index (κ1) is 17.4. The molecule has 2 heterocycles. The fourth-order valence-corrected chi connectivity index (χ4v) is 3.80. The molecule has 1 unspecified atom stereocenters. The molecule has 1 atom stereocenters. The van der Waals surface area contributed by atoms with Crippen LogP contribution in [0.15, 0.2) is 30.6 Å². The summed E-state index contributed by atoms with van der Waals surface area (Å²) < 4.78 is 2.14. The summed E-state index contributed by atoms with van der Waals surface area (Å²) in [6.07, 6.45) is 12.9. The zero-order valence-corrected chi connectivity index (χ0v) is 16.0. The Morgan fingerprint density at radius 3 is 3.12 bits per heavy atom. The van der Waals surface area contributed by atoms with Crippen LogP contribution in [0.1, 0.15) is 55.0 Å². The molecule has 0 saturated carbocycles. The first-order valence-electron chi connectivity index (χ1n) is 8.65. The van der Waals surface area contributed by atoms with Gasteiger partial charge < -0.3 is 4.57 Å². The minimum absolute atomic E-state index is 0.388. The summed E-state index contributed by atoms with van der Waals surface area (Å²) in [5.41, 5.74) is 4.52. The van der Waals surface area contributed by atoms with Crippen molar-refractivity contribution in [2.75, 3.05) is 7.05 Å². The van der Waals surface area contributed by atoms with Gasteiger partial charge in [0.2, 0.25) is 0 Å². The van der Waals surface area contributed by atoms with Gasteiger partial charge in [0, 0.05) is 18.9 Å². The van der Waals surface area contributed by atoms with Crippen molar-refractivity contribution in [2.24, 2.45) is 0 Å². The third-order valence-electron chi connectivity index (χ3n) is 4.60. The minimum Gasteiger partial charge on any atom is -0.321 e. The van der Waals surface area contributed by atoms with Crippen LogP contribution in [-0.2, 0) is 18.4 Å². The van der Waals surface area contributed by atoms with Crippen molar-refractivity contribution in [3.8, 4) is 0 Å². The van der Waals surface area contributed by atoms with Gasteiger partial charge in [0.05, 0.1) is 22.9 Å². The maximum Gasteiger partial charge on any atom is 0.133 e. The number of hydrogen-bond donors (Lipinski definition) is 0. The number of allylic oxidation sites excluding steroid dienone is 1. The van der Waals surface area contributed by atoms with Gasteiger partial charge in [-0.3, -0.25) is 9.88 Å². The number of imidazole rings is 1. The van der Waals surface area contributed by atoms with Gasteiger partial charge in [-0.1, -0.05) is 35.0 Å². The highest BCUT2D eigenvalue weighted by Gasteiger charge is 2.25. The third-order valence-corrected chi connectivity index (χ3v) is 5.14. The van der Waals surface area contributed by atoms with Gasteiger partial charge in [-0.15, -0.1) is 0 Å². The molecule has 128 valence electrons. The number of rotatable bonds is 6. The number of pyridine rings is 1. The second-order valence-corrected chi connectivity index (χ2v) is 6.86. The zero-order valence-electron chi connectivity index (χ0n) is 14.5. The molecule has 0 spiro atoms. The normalized spacial score (nSPS) is 17.6. The van der Waals surface area contributed by atoms with Gasteiger partial charge in [0.25, 0.3) is 0 Å². The van der Waals surface area contributed by atoms with Gasteiger partial charge in [-0.2, -0.15) is 0 Å². The summed E-state index contributed by atoms with van der Waals surface area (Å²) in [6.45, 7) is 2.98. The lowest BCUT2D eigenvalue weighted by molar-refractivity contribution is 0.206. The highest BCUT2D eigenvalue weighted by Crippen LogP contribution is 2.32. The Balaban J connectivity index is 1.77. The zero-order chi connectivity index (χ0) is 16.9. The van der Waals surface area contributed by atoms with Crippen LogP contribution >= 0.6 is 15.9 Å². The first-order valence-corrected chi connectivity index (χ1v) is 9.77. The van der Waals surface area contributed by atoms with E-state index in [0.29, 0.717) is 6.04 Å². The van der Waals surface area contributed by atoms with E-state index in [1.54, 1.807) is 0 Å². The fraction of sp³-hybridized carbons (Fsp3) is 0.474. The van der Waals surface area contributed by atoms with Crippen LogP contribution in [0, 0.1) is 0 Å². The number of fused-ring (bicyclic) bond motifs is 1. The van der Waals surface area contributed by atoms with Crippen LogP contribution in [0.2, 0.25) is 0 Å². The highest BCUT2D eigenvalue weighted by molar-refractivity contribution is 9.08. The molecule has 4 nitrogen and oxygen atoms in total. The van der Waals surface area contributed by atoms with Crippen LogP contribution in [-0.4, -0.2) is 26.5 Å². The molecule has 5 heteroatoms. The first-order chi connectivity index (χ1) is 11.7. The van der Waals surface area contributed by atoms with Gasteiger partial charge in [-0.05, 0) is 50.4 Å². The Labute approximate surface area is 152 Å². The van der Waals surface area contributed by atoms with E-state index in [4.69, 9.17) is 4.98 Å². The second-order valence-electron chi connectivity index (χ2n) is 6.36. The monoisotopic (exact) mass is 388 g/mol. The van der Waals surface area contributed by atoms with Gasteiger partial charge in [-0.25, -0.2) is 4.98 Å². The molecule has 0 aliphatic heterocycles. The Morgan fingerprint density at radius 2 is 2.33 bits per heavy atom. The molecule has 0 saturated heterocycles. The summed E-state index contributed by atoms with van der Waals surface area (Å²) in [5, 5.41) is 0. The van der Waals surface area contributed by atoms with Crippen molar-refractivity contribution in [1.82, 2.24) is 19.4 Å². The number of aryl methyl sites for hydroxylation is 1. The van der Waals surface area contributed by atoms with Gasteiger partial charge in [0.1, 0.15) is 5.82 Å². The molecule has 3 rings (SSSR count). The van der Waals surface area contributed by atoms with E-state index in [-0.39, 0.29) is 0 Å². The van der Waals surface area contributed by atoms with Crippen LogP contribution in [0.3, 0.4) is 0 Å². The van der Waals surface area contributed by atoms with Crippen LogP contribution in [0.4, 0.5) is 0 Å². The van der Waals surface area contributed by atoms with Crippen molar-refractivity contribution in [1.29, 1.82) is 0 Å². The summed E-state index contributed by atoms with van der Waals surface area (Å²) >= 11 is 3.54. The molecule has 0 N–H and O–H groups in total. The molecular formula is C19H25BrN4. The van der Waals surface area contributed by atoms with E-state index in [1.165, 1.54) is 24.1 Å². The van der Waals surface area contributed by atoms with E-state index < -0.39 is 0 Å². The summed E-state index contributed by atoms with van der Waals surface area (Å²) in [6, 6.07) is 4.65. The number of nitrogens with zero attached hydrogens (tertiary/aromatic N) is 4. The molecule has 24 heavy (non-hydrogen) atoms. The molecule has 1 aliphatic rings. The molecule has 2 aromatic heterocycles. The molecule has 0 fully saturated rings. The Morgan fingerprint density at radius 1 is 1.46 bits per heavy atom. The Hall–Kier alpha value is -1.46. The van der Waals surface area contributed by atoms with E-state index in [1.807, 2.05) is 12.3 Å². The van der Waals surface area contributed by atoms with Crippen LogP contribution in [0.5, 0.6) is 0 Å². The molecule has 1 aliphatic carbocycles. The lowest BCUT2D eigenvalue weighted by Gasteiger charge is -2.31. The number of hydrogen-bond acceptors (Lipinski definition) is 3. The summed E-state index contributed by atoms with van der Waals surface area (Å²) in [5.74, 6) is 1.01. The number of halogens is 1. The number of aromatic nitrogens is 3. The van der Waals surface area contributed by atoms with Crippen molar-refractivity contribution < 1.29 is 0 Å². The lowest BCUT2D eigenvalue weighted by atomic mass is 9.91. The molecule has 2 aromatic rings. The predicted molar refractivity (Wildman–Crippen MR) is 102 cm³/mol. The van der Waals surface area contributed by atoms with Crippen molar-refractivity contribution in [3.63, 3.8) is 0 Å². The van der Waals surface area contributed by atoms with E-state index in [2.05, 4.69) is 68.8 Å². The van der Waals surface area contributed by atoms with Crippen LogP contribution in [0.25, 0.3) is 6.08 Å². The maximum absolute atomic E-state index is 4.79. The van der Waals surface area contributed by atoms with E-state index in [0.717, 1.165) is 36.4 Å². The van der Waals surface area contributed by atoms with Crippen molar-refractivity contribution in [3.05, 3.63) is 53.4 Å². The SMILES string of the molecule is CC/C=C\c1nc(CN(C)C2CCCc3cccnc32)cn1CBr. The smallest absolute Gasteiger partial charge is 0.133 e. The Kier molecular flexibility index (Phi) is 5.85. The largest absolute Gasteiger partial charge is 0.321 e. The molecule has 0 radical (unpaired) electrons. The number of alkyl halides is 1. The molecule has 0 aromatic carbocycles. The van der Waals surface area contributed by atoms with Gasteiger partial charge in [0.15, 0.2) is 0 Å². The average molecular weight is 389 g/mol. The maximum atomic E-state index is 4.79. The quantitative estimate of drug-likeness (QED) is 0.679. The highest BCUT2D eigenvalue weighted by atomic mass is 79.9. The summed E-state index contributed by atoms with van der Waals surface area (Å²) in [4.78, 5) is 11.8. The Bertz CT molecular complexity index is 707. The lowest BCUT2D eigenvalue weighted by Crippen LogP contribution is -2.28. The van der Waals surface area contributed by atoms with Crippen LogP contribution < -0.4 is 0 Å². The topological polar surface area (TPSA) is 34.0 Å². The molecule has 0 bridgehead atoms. The van der Waals surface area contributed by atoms with Crippen molar-refractivity contribution in [2.45, 2.75) is 50.6 Å². The van der Waals surface area contributed by atoms with E-state index >= 15 is 0 Å². The third kappa shape index (κ3) is 3.78. The predicted octanol–water partition coefficient (Wildman–Crippen LogP) is 4.56. The summed E-state index contributed by atoms with van der Waals surface area (Å²) in [7, 11) is 2.18. The van der Waals surface area contributed by atoms with Crippen molar-refractivity contribution >= 4 is 22.0 Å². The van der Waals surface area contributed by atoms with Gasteiger partial charge >= 0.3 is 0 Å². The average Bonchev–Trinajstić information content (AvgIpc) is 3.01. The standard InChI is InChI=1S/C19H25BrN4/c1-3-4-10-18-22-16(13-24(18)14-20)12-23(2)17-9-5-7-15-8-6-11-21-19(15)17/h4,6,8,10-11,13,17H,3,5,7,9,12,14H2,1-2H3/b10-4-. The second kappa shape index (κ2) is 8.08. The molecule has 0 amide bonds.